The predicted molar refractivity (Wildman–Crippen MR) is 101 cm³/mol. The minimum Gasteiger partial charge on any atom is -0.495 e. The quantitative estimate of drug-likeness (QED) is 0.771. The molecule has 0 atom stereocenters. The molecule has 0 amide bonds. The zero-order chi connectivity index (χ0) is 18.9. The van der Waals surface area contributed by atoms with E-state index in [0.717, 1.165) is 37.4 Å². The fraction of sp³-hybridized carbons (Fsp3) is 0.421. The van der Waals surface area contributed by atoms with Crippen molar-refractivity contribution in [3.05, 3.63) is 42.7 Å². The fourth-order valence-corrected chi connectivity index (χ4v) is 5.02. The van der Waals surface area contributed by atoms with E-state index in [9.17, 15) is 8.42 Å². The van der Waals surface area contributed by atoms with Gasteiger partial charge in [-0.1, -0.05) is 12.1 Å². The molecule has 0 N–H and O–H groups in total. The van der Waals surface area contributed by atoms with Crippen molar-refractivity contribution in [1.29, 1.82) is 0 Å². The van der Waals surface area contributed by atoms with Crippen molar-refractivity contribution >= 4 is 10.0 Å². The van der Waals surface area contributed by atoms with E-state index in [1.54, 1.807) is 42.0 Å². The SMILES string of the molecule is COc1cncc(-c2cccc(S(=O)(=O)N3CC(N4CCOCC4)C3)c2)c1. The lowest BCUT2D eigenvalue weighted by Gasteiger charge is -2.45. The molecular weight excluding hydrogens is 366 g/mol. The lowest BCUT2D eigenvalue weighted by Crippen LogP contribution is -2.62. The van der Waals surface area contributed by atoms with Crippen molar-refractivity contribution in [1.82, 2.24) is 14.2 Å². The molecule has 1 aromatic heterocycles. The van der Waals surface area contributed by atoms with Gasteiger partial charge in [0.1, 0.15) is 5.75 Å². The maximum absolute atomic E-state index is 13.0. The highest BCUT2D eigenvalue weighted by Crippen LogP contribution is 2.29. The van der Waals surface area contributed by atoms with Crippen LogP contribution in [0, 0.1) is 0 Å². The van der Waals surface area contributed by atoms with Crippen LogP contribution >= 0.6 is 0 Å². The van der Waals surface area contributed by atoms with Crippen LogP contribution in [0.2, 0.25) is 0 Å². The van der Waals surface area contributed by atoms with E-state index in [1.165, 1.54) is 0 Å². The Labute approximate surface area is 159 Å². The van der Waals surface area contributed by atoms with E-state index in [4.69, 9.17) is 9.47 Å². The topological polar surface area (TPSA) is 72.0 Å². The van der Waals surface area contributed by atoms with Crippen LogP contribution in [0.4, 0.5) is 0 Å². The van der Waals surface area contributed by atoms with Gasteiger partial charge in [-0.2, -0.15) is 4.31 Å². The third-order valence-corrected chi connectivity index (χ3v) is 6.97. The maximum atomic E-state index is 13.0. The number of benzene rings is 1. The van der Waals surface area contributed by atoms with Crippen molar-refractivity contribution in [2.24, 2.45) is 0 Å². The summed E-state index contributed by atoms with van der Waals surface area (Å²) < 4.78 is 38.1. The summed E-state index contributed by atoms with van der Waals surface area (Å²) in [4.78, 5) is 6.77. The molecule has 2 saturated heterocycles. The van der Waals surface area contributed by atoms with Crippen molar-refractivity contribution in [3.63, 3.8) is 0 Å². The molecule has 3 heterocycles. The van der Waals surface area contributed by atoms with Crippen LogP contribution in [0.15, 0.2) is 47.6 Å². The van der Waals surface area contributed by atoms with E-state index in [1.807, 2.05) is 12.1 Å². The highest BCUT2D eigenvalue weighted by atomic mass is 32.2. The van der Waals surface area contributed by atoms with Gasteiger partial charge < -0.3 is 9.47 Å². The second-order valence-electron chi connectivity index (χ2n) is 6.77. The Bertz CT molecular complexity index is 907. The molecule has 8 heteroatoms. The monoisotopic (exact) mass is 389 g/mol. The molecule has 2 aliphatic rings. The number of hydrogen-bond donors (Lipinski definition) is 0. The highest BCUT2D eigenvalue weighted by Gasteiger charge is 2.40. The first-order chi connectivity index (χ1) is 13.1. The molecule has 2 aromatic rings. The van der Waals surface area contributed by atoms with E-state index >= 15 is 0 Å². The van der Waals surface area contributed by atoms with Gasteiger partial charge in [0.15, 0.2) is 0 Å². The van der Waals surface area contributed by atoms with Crippen LogP contribution in [0.1, 0.15) is 0 Å². The van der Waals surface area contributed by atoms with Crippen LogP contribution in [0.5, 0.6) is 5.75 Å². The molecule has 7 nitrogen and oxygen atoms in total. The Hall–Kier alpha value is -2.00. The second kappa shape index (κ2) is 7.55. The number of aromatic nitrogens is 1. The highest BCUT2D eigenvalue weighted by molar-refractivity contribution is 7.89. The van der Waals surface area contributed by atoms with Crippen molar-refractivity contribution < 1.29 is 17.9 Å². The summed E-state index contributed by atoms with van der Waals surface area (Å²) >= 11 is 0. The van der Waals surface area contributed by atoms with Crippen molar-refractivity contribution in [2.75, 3.05) is 46.5 Å². The lowest BCUT2D eigenvalue weighted by atomic mass is 10.1. The number of nitrogens with zero attached hydrogens (tertiary/aromatic N) is 3. The molecule has 2 fully saturated rings. The molecule has 1 aromatic carbocycles. The second-order valence-corrected chi connectivity index (χ2v) is 8.70. The van der Waals surface area contributed by atoms with Gasteiger partial charge in [0, 0.05) is 44.0 Å². The van der Waals surface area contributed by atoms with Gasteiger partial charge in [-0.25, -0.2) is 8.42 Å². The average molecular weight is 389 g/mol. The number of sulfonamides is 1. The fourth-order valence-electron chi connectivity index (χ4n) is 3.46. The third kappa shape index (κ3) is 3.70. The number of ether oxygens (including phenoxy) is 2. The van der Waals surface area contributed by atoms with Crippen LogP contribution in [-0.4, -0.2) is 75.2 Å². The smallest absolute Gasteiger partial charge is 0.243 e. The molecule has 4 rings (SSSR count). The Morgan fingerprint density at radius 2 is 1.89 bits per heavy atom. The average Bonchev–Trinajstić information content (AvgIpc) is 2.68. The van der Waals surface area contributed by atoms with E-state index in [2.05, 4.69) is 9.88 Å². The first-order valence-electron chi connectivity index (χ1n) is 8.99. The maximum Gasteiger partial charge on any atom is 0.243 e. The lowest BCUT2D eigenvalue weighted by molar-refractivity contribution is -0.0116. The van der Waals surface area contributed by atoms with Gasteiger partial charge >= 0.3 is 0 Å². The third-order valence-electron chi connectivity index (χ3n) is 5.14. The van der Waals surface area contributed by atoms with E-state index in [-0.39, 0.29) is 6.04 Å². The first-order valence-corrected chi connectivity index (χ1v) is 10.4. The summed E-state index contributed by atoms with van der Waals surface area (Å²) in [5.41, 5.74) is 1.62. The Kier molecular flexibility index (Phi) is 5.14. The van der Waals surface area contributed by atoms with Crippen LogP contribution < -0.4 is 4.74 Å². The molecular formula is C19H23N3O4S. The summed E-state index contributed by atoms with van der Waals surface area (Å²) in [6, 6.07) is 9.12. The molecule has 27 heavy (non-hydrogen) atoms. The van der Waals surface area contributed by atoms with Crippen molar-refractivity contribution in [2.45, 2.75) is 10.9 Å². The Balaban J connectivity index is 1.51. The van der Waals surface area contributed by atoms with Crippen LogP contribution in [-0.2, 0) is 14.8 Å². The van der Waals surface area contributed by atoms with Gasteiger partial charge in [-0.3, -0.25) is 9.88 Å². The van der Waals surface area contributed by atoms with Gasteiger partial charge in [-0.15, -0.1) is 0 Å². The van der Waals surface area contributed by atoms with Gasteiger partial charge in [-0.05, 0) is 23.8 Å². The Morgan fingerprint density at radius 3 is 2.63 bits per heavy atom. The van der Waals surface area contributed by atoms with E-state index < -0.39 is 10.0 Å². The molecule has 0 spiro atoms. The number of rotatable bonds is 5. The number of morpholine rings is 1. The largest absolute Gasteiger partial charge is 0.495 e. The van der Waals surface area contributed by atoms with Gasteiger partial charge in [0.2, 0.25) is 10.0 Å². The minimum atomic E-state index is -3.50. The molecule has 144 valence electrons. The van der Waals surface area contributed by atoms with E-state index in [0.29, 0.717) is 23.7 Å². The number of methoxy groups -OCH3 is 1. The zero-order valence-corrected chi connectivity index (χ0v) is 16.1. The minimum absolute atomic E-state index is 0.287. The molecule has 0 bridgehead atoms. The number of pyridine rings is 1. The first kappa shape index (κ1) is 18.4. The van der Waals surface area contributed by atoms with Crippen LogP contribution in [0.3, 0.4) is 0 Å². The molecule has 0 radical (unpaired) electrons. The van der Waals surface area contributed by atoms with Crippen molar-refractivity contribution in [3.8, 4) is 16.9 Å². The normalized spacial score (nSPS) is 19.6. The summed E-state index contributed by atoms with van der Waals surface area (Å²) in [5, 5.41) is 0. The zero-order valence-electron chi connectivity index (χ0n) is 15.2. The summed E-state index contributed by atoms with van der Waals surface area (Å²) in [6.45, 7) is 4.26. The predicted octanol–water partition coefficient (Wildman–Crippen LogP) is 1.46. The standard InChI is InChI=1S/C19H23N3O4S/c1-25-18-9-16(11-20-12-18)15-3-2-4-19(10-15)27(23,24)22-13-17(14-22)21-5-7-26-8-6-21/h2-4,9-12,17H,5-8,13-14H2,1H3. The molecule has 0 unspecified atom stereocenters. The summed E-state index contributed by atoms with van der Waals surface area (Å²) in [6.07, 6.45) is 3.32. The summed E-state index contributed by atoms with van der Waals surface area (Å²) in [7, 11) is -1.92. The summed E-state index contributed by atoms with van der Waals surface area (Å²) in [5.74, 6) is 0.636. The molecule has 0 saturated carbocycles. The number of hydrogen-bond acceptors (Lipinski definition) is 6. The Morgan fingerprint density at radius 1 is 1.11 bits per heavy atom. The van der Waals surface area contributed by atoms with Gasteiger partial charge in [0.05, 0.1) is 31.4 Å². The molecule has 2 aliphatic heterocycles. The van der Waals surface area contributed by atoms with Crippen LogP contribution in [0.25, 0.3) is 11.1 Å². The molecule has 0 aliphatic carbocycles. The van der Waals surface area contributed by atoms with Gasteiger partial charge in [0.25, 0.3) is 0 Å².